The van der Waals surface area contributed by atoms with E-state index in [0.29, 0.717) is 11.6 Å². The van der Waals surface area contributed by atoms with Gasteiger partial charge in [-0.1, -0.05) is 11.6 Å². The second-order valence-corrected chi connectivity index (χ2v) is 5.95. The molecule has 1 N–H and O–H groups in total. The third-order valence-corrected chi connectivity index (χ3v) is 3.93. The zero-order valence-electron chi connectivity index (χ0n) is 10.9. The van der Waals surface area contributed by atoms with Crippen LogP contribution in [-0.2, 0) is 0 Å². The van der Waals surface area contributed by atoms with Crippen LogP contribution in [0.1, 0.15) is 19.8 Å². The fraction of sp³-hybridized carbons (Fsp3) is 0.400. The van der Waals surface area contributed by atoms with E-state index in [9.17, 15) is 5.11 Å². The first-order chi connectivity index (χ1) is 9.05. The minimum Gasteiger partial charge on any atom is -0.388 e. The van der Waals surface area contributed by atoms with E-state index in [0.717, 1.165) is 36.0 Å². The number of aliphatic hydroxyl groups is 1. The molecule has 1 atom stereocenters. The van der Waals surface area contributed by atoms with Crippen LogP contribution in [0.3, 0.4) is 0 Å². The van der Waals surface area contributed by atoms with Gasteiger partial charge in [0, 0.05) is 35.4 Å². The molecule has 0 aliphatic carbocycles. The molecule has 1 saturated heterocycles. The summed E-state index contributed by atoms with van der Waals surface area (Å²) in [6.45, 7) is 3.53. The Morgan fingerprint density at radius 2 is 2.21 bits per heavy atom. The van der Waals surface area contributed by atoms with Crippen molar-refractivity contribution in [3.05, 3.63) is 35.5 Å². The fourth-order valence-corrected chi connectivity index (χ4v) is 2.97. The largest absolute Gasteiger partial charge is 0.388 e. The fourth-order valence-electron chi connectivity index (χ4n) is 2.81. The summed E-state index contributed by atoms with van der Waals surface area (Å²) in [5.41, 5.74) is 1.41. The number of hydrogen-bond acceptors (Lipinski definition) is 3. The van der Waals surface area contributed by atoms with Crippen LogP contribution in [-0.4, -0.2) is 28.8 Å². The highest BCUT2D eigenvalue weighted by atomic mass is 35.5. The lowest BCUT2D eigenvalue weighted by molar-refractivity contribution is 0.0450. The smallest absolute Gasteiger partial charge is 0.0794 e. The van der Waals surface area contributed by atoms with E-state index < -0.39 is 5.60 Å². The maximum absolute atomic E-state index is 10.2. The summed E-state index contributed by atoms with van der Waals surface area (Å²) in [6.07, 6.45) is 3.67. The second kappa shape index (κ2) is 4.66. The van der Waals surface area contributed by atoms with Gasteiger partial charge in [0.05, 0.1) is 11.1 Å². The molecule has 2 aromatic rings. The van der Waals surface area contributed by atoms with Gasteiger partial charge in [0.2, 0.25) is 0 Å². The number of pyridine rings is 1. The van der Waals surface area contributed by atoms with Crippen LogP contribution in [0.2, 0.25) is 5.02 Å². The van der Waals surface area contributed by atoms with Crippen molar-refractivity contribution >= 4 is 28.2 Å². The zero-order valence-corrected chi connectivity index (χ0v) is 11.7. The van der Waals surface area contributed by atoms with E-state index >= 15 is 0 Å². The lowest BCUT2D eigenvalue weighted by Gasteiger charge is -2.38. The van der Waals surface area contributed by atoms with Gasteiger partial charge in [-0.2, -0.15) is 0 Å². The number of β-amino-alcohol motifs (C(OH)–C–C–N with tert-alkyl or cyclic N) is 1. The van der Waals surface area contributed by atoms with Gasteiger partial charge in [-0.05, 0) is 44.0 Å². The number of halogens is 1. The average Bonchev–Trinajstić information content (AvgIpc) is 2.36. The summed E-state index contributed by atoms with van der Waals surface area (Å²) in [5.74, 6) is 0. The Labute approximate surface area is 117 Å². The van der Waals surface area contributed by atoms with Crippen LogP contribution < -0.4 is 4.90 Å². The van der Waals surface area contributed by atoms with E-state index in [1.54, 1.807) is 6.20 Å². The Hall–Kier alpha value is -1.32. The van der Waals surface area contributed by atoms with Crippen molar-refractivity contribution in [3.8, 4) is 0 Å². The van der Waals surface area contributed by atoms with E-state index in [4.69, 9.17) is 11.6 Å². The molecule has 1 aliphatic rings. The van der Waals surface area contributed by atoms with Crippen LogP contribution in [0.5, 0.6) is 0 Å². The molecule has 3 rings (SSSR count). The molecule has 1 aromatic carbocycles. The molecule has 0 bridgehead atoms. The van der Waals surface area contributed by atoms with Crippen molar-refractivity contribution in [1.29, 1.82) is 0 Å². The second-order valence-electron chi connectivity index (χ2n) is 5.51. The van der Waals surface area contributed by atoms with E-state index in [1.165, 1.54) is 0 Å². The van der Waals surface area contributed by atoms with Gasteiger partial charge < -0.3 is 10.0 Å². The Kier molecular flexibility index (Phi) is 3.11. The molecule has 1 aliphatic heterocycles. The number of nitrogens with zero attached hydrogens (tertiary/aromatic N) is 2. The molecule has 19 heavy (non-hydrogen) atoms. The van der Waals surface area contributed by atoms with Gasteiger partial charge in [0.15, 0.2) is 0 Å². The molecule has 3 nitrogen and oxygen atoms in total. The molecule has 4 heteroatoms. The standard InChI is InChI=1S/C15H17ClN2O/c1-15(19)6-2-8-18(10-15)14-5-7-17-13-9-11(16)3-4-12(13)14/h3-5,7,9,19H,2,6,8,10H2,1H3. The van der Waals surface area contributed by atoms with Crippen LogP contribution in [0, 0.1) is 0 Å². The molecule has 1 fully saturated rings. The summed E-state index contributed by atoms with van der Waals surface area (Å²) in [6, 6.07) is 7.78. The van der Waals surface area contributed by atoms with Crippen LogP contribution >= 0.6 is 11.6 Å². The number of hydrogen-bond donors (Lipinski definition) is 1. The van der Waals surface area contributed by atoms with Crippen LogP contribution in [0.4, 0.5) is 5.69 Å². The molecular formula is C15H17ClN2O. The number of piperidine rings is 1. The SMILES string of the molecule is CC1(O)CCCN(c2ccnc3cc(Cl)ccc23)C1. The Morgan fingerprint density at radius 3 is 3.00 bits per heavy atom. The van der Waals surface area contributed by atoms with Gasteiger partial charge in [-0.3, -0.25) is 4.98 Å². The summed E-state index contributed by atoms with van der Waals surface area (Å²) < 4.78 is 0. The van der Waals surface area contributed by atoms with Crippen molar-refractivity contribution < 1.29 is 5.11 Å². The highest BCUT2D eigenvalue weighted by Gasteiger charge is 2.29. The minimum absolute atomic E-state index is 0.611. The molecule has 0 spiro atoms. The Bertz CT molecular complexity index is 612. The topological polar surface area (TPSA) is 36.4 Å². The number of benzene rings is 1. The highest BCUT2D eigenvalue weighted by molar-refractivity contribution is 6.31. The third-order valence-electron chi connectivity index (χ3n) is 3.70. The zero-order chi connectivity index (χ0) is 13.5. The maximum Gasteiger partial charge on any atom is 0.0794 e. The van der Waals surface area contributed by atoms with Crippen molar-refractivity contribution in [2.75, 3.05) is 18.0 Å². The summed E-state index contributed by atoms with van der Waals surface area (Å²) in [4.78, 5) is 6.60. The molecular weight excluding hydrogens is 260 g/mol. The molecule has 0 radical (unpaired) electrons. The lowest BCUT2D eigenvalue weighted by atomic mass is 9.94. The number of aromatic nitrogens is 1. The quantitative estimate of drug-likeness (QED) is 0.869. The first-order valence-electron chi connectivity index (χ1n) is 6.57. The lowest BCUT2D eigenvalue weighted by Crippen LogP contribution is -2.46. The van der Waals surface area contributed by atoms with Gasteiger partial charge in [-0.15, -0.1) is 0 Å². The number of rotatable bonds is 1. The van der Waals surface area contributed by atoms with Gasteiger partial charge in [-0.25, -0.2) is 0 Å². The maximum atomic E-state index is 10.2. The van der Waals surface area contributed by atoms with Gasteiger partial charge >= 0.3 is 0 Å². The molecule has 1 unspecified atom stereocenters. The molecule has 0 amide bonds. The molecule has 100 valence electrons. The minimum atomic E-state index is -0.611. The van der Waals surface area contributed by atoms with Gasteiger partial charge in [0.1, 0.15) is 0 Å². The molecule has 2 heterocycles. The van der Waals surface area contributed by atoms with E-state index in [2.05, 4.69) is 9.88 Å². The first-order valence-corrected chi connectivity index (χ1v) is 6.95. The number of anilines is 1. The normalized spacial score (nSPS) is 23.8. The predicted octanol–water partition coefficient (Wildman–Crippen LogP) is 3.24. The van der Waals surface area contributed by atoms with Crippen molar-refractivity contribution in [2.45, 2.75) is 25.4 Å². The first kappa shape index (κ1) is 12.7. The monoisotopic (exact) mass is 276 g/mol. The Balaban J connectivity index is 2.05. The van der Waals surface area contributed by atoms with Crippen LogP contribution in [0.25, 0.3) is 10.9 Å². The highest BCUT2D eigenvalue weighted by Crippen LogP contribution is 2.31. The van der Waals surface area contributed by atoms with Gasteiger partial charge in [0.25, 0.3) is 0 Å². The summed E-state index contributed by atoms with van der Waals surface area (Å²) in [5, 5.41) is 12.0. The summed E-state index contributed by atoms with van der Waals surface area (Å²) in [7, 11) is 0. The molecule has 0 saturated carbocycles. The van der Waals surface area contributed by atoms with Crippen molar-refractivity contribution in [1.82, 2.24) is 4.98 Å². The average molecular weight is 277 g/mol. The van der Waals surface area contributed by atoms with E-state index in [1.807, 2.05) is 31.2 Å². The third kappa shape index (κ3) is 2.53. The van der Waals surface area contributed by atoms with Crippen LogP contribution in [0.15, 0.2) is 30.5 Å². The van der Waals surface area contributed by atoms with E-state index in [-0.39, 0.29) is 0 Å². The molecule has 1 aromatic heterocycles. The summed E-state index contributed by atoms with van der Waals surface area (Å²) >= 11 is 6.01. The van der Waals surface area contributed by atoms with Crippen molar-refractivity contribution in [3.63, 3.8) is 0 Å². The van der Waals surface area contributed by atoms with Crippen molar-refractivity contribution in [2.24, 2.45) is 0 Å². The number of fused-ring (bicyclic) bond motifs is 1. The predicted molar refractivity (Wildman–Crippen MR) is 78.8 cm³/mol. The Morgan fingerprint density at radius 1 is 1.37 bits per heavy atom.